The monoisotopic (exact) mass is 366 g/mol. The van der Waals surface area contributed by atoms with Crippen LogP contribution >= 0.6 is 23.4 Å². The Morgan fingerprint density at radius 1 is 1.04 bits per heavy atom. The minimum atomic E-state index is -0.833. The Balaban J connectivity index is 0. The summed E-state index contributed by atoms with van der Waals surface area (Å²) in [6, 6.07) is 4.57. The first kappa shape index (κ1) is 23.7. The number of aromatic hydroxyl groups is 2. The SMILES string of the molecule is CC(=O)O.CC(=O)O.Oc1ccc(O)c(SCCCCCCl)c1. The van der Waals surface area contributed by atoms with Gasteiger partial charge < -0.3 is 20.4 Å². The van der Waals surface area contributed by atoms with Crippen LogP contribution in [-0.4, -0.2) is 44.0 Å². The molecule has 8 heteroatoms. The van der Waals surface area contributed by atoms with Crippen LogP contribution in [0.4, 0.5) is 0 Å². The summed E-state index contributed by atoms with van der Waals surface area (Å²) in [5, 5.41) is 33.6. The number of carbonyl (C=O) groups is 2. The van der Waals surface area contributed by atoms with Gasteiger partial charge in [0, 0.05) is 19.7 Å². The number of rotatable bonds is 6. The number of hydrogen-bond acceptors (Lipinski definition) is 5. The molecule has 1 aromatic rings. The summed E-state index contributed by atoms with van der Waals surface area (Å²) >= 11 is 7.12. The third-order valence-electron chi connectivity index (χ3n) is 1.98. The summed E-state index contributed by atoms with van der Waals surface area (Å²) in [4.78, 5) is 18.7. The number of halogens is 1. The molecule has 0 unspecified atom stereocenters. The van der Waals surface area contributed by atoms with Gasteiger partial charge in [-0.25, -0.2) is 0 Å². The normalized spacial score (nSPS) is 9.00. The van der Waals surface area contributed by atoms with Crippen LogP contribution < -0.4 is 0 Å². The number of unbranched alkanes of at least 4 members (excludes halogenated alkanes) is 2. The van der Waals surface area contributed by atoms with E-state index in [0.717, 1.165) is 43.8 Å². The second kappa shape index (κ2) is 15.3. The molecule has 0 aliphatic rings. The molecule has 0 heterocycles. The van der Waals surface area contributed by atoms with Gasteiger partial charge in [-0.1, -0.05) is 6.42 Å². The van der Waals surface area contributed by atoms with E-state index in [1.165, 1.54) is 12.1 Å². The van der Waals surface area contributed by atoms with Crippen LogP contribution in [0.1, 0.15) is 33.1 Å². The molecule has 0 saturated carbocycles. The van der Waals surface area contributed by atoms with Gasteiger partial charge in [0.25, 0.3) is 11.9 Å². The van der Waals surface area contributed by atoms with Crippen LogP contribution in [0.3, 0.4) is 0 Å². The standard InChI is InChI=1S/C11H15ClO2S.2C2H4O2/c12-6-2-1-3-7-15-11-8-9(13)4-5-10(11)14;2*1-2(3)4/h4-5,8,13-14H,1-3,6-7H2;2*1H3,(H,3,4). The van der Waals surface area contributed by atoms with Crippen LogP contribution in [0, 0.1) is 0 Å². The highest BCUT2D eigenvalue weighted by molar-refractivity contribution is 7.99. The van der Waals surface area contributed by atoms with E-state index in [1.54, 1.807) is 17.8 Å². The summed E-state index contributed by atoms with van der Waals surface area (Å²) < 4.78 is 0. The zero-order chi connectivity index (χ0) is 18.3. The van der Waals surface area contributed by atoms with E-state index >= 15 is 0 Å². The molecule has 0 fully saturated rings. The summed E-state index contributed by atoms with van der Waals surface area (Å²) in [5.41, 5.74) is 0. The van der Waals surface area contributed by atoms with E-state index in [9.17, 15) is 10.2 Å². The predicted octanol–water partition coefficient (Wildman–Crippen LogP) is 3.78. The van der Waals surface area contributed by atoms with Gasteiger partial charge in [-0.2, -0.15) is 0 Å². The molecule has 0 saturated heterocycles. The second-order valence-electron chi connectivity index (χ2n) is 4.29. The van der Waals surface area contributed by atoms with E-state index in [4.69, 9.17) is 31.4 Å². The summed E-state index contributed by atoms with van der Waals surface area (Å²) in [5.74, 6) is 0.404. The third kappa shape index (κ3) is 20.4. The molecular formula is C15H23ClO6S. The Hall–Kier alpha value is -1.60. The number of aliphatic carboxylic acids is 2. The topological polar surface area (TPSA) is 115 Å². The Kier molecular flexibility index (Phi) is 15.7. The van der Waals surface area contributed by atoms with E-state index < -0.39 is 11.9 Å². The minimum absolute atomic E-state index is 0.191. The van der Waals surface area contributed by atoms with Gasteiger partial charge >= 0.3 is 0 Å². The highest BCUT2D eigenvalue weighted by Gasteiger charge is 2.02. The largest absolute Gasteiger partial charge is 0.508 e. The van der Waals surface area contributed by atoms with Crippen LogP contribution in [0.2, 0.25) is 0 Å². The molecule has 0 aliphatic heterocycles. The first-order valence-corrected chi connectivity index (χ1v) is 8.32. The van der Waals surface area contributed by atoms with Gasteiger partial charge in [0.05, 0.1) is 4.90 Å². The highest BCUT2D eigenvalue weighted by Crippen LogP contribution is 2.31. The maximum atomic E-state index is 9.48. The van der Waals surface area contributed by atoms with Crippen molar-refractivity contribution in [1.82, 2.24) is 0 Å². The Labute approximate surface area is 145 Å². The Morgan fingerprint density at radius 2 is 1.57 bits per heavy atom. The first-order valence-electron chi connectivity index (χ1n) is 6.80. The predicted molar refractivity (Wildman–Crippen MR) is 91.7 cm³/mol. The van der Waals surface area contributed by atoms with Crippen molar-refractivity contribution in [3.63, 3.8) is 0 Å². The molecule has 0 aromatic heterocycles. The molecule has 0 radical (unpaired) electrons. The van der Waals surface area contributed by atoms with E-state index in [2.05, 4.69) is 0 Å². The molecule has 0 amide bonds. The van der Waals surface area contributed by atoms with Gasteiger partial charge in [0.1, 0.15) is 11.5 Å². The van der Waals surface area contributed by atoms with E-state index in [0.29, 0.717) is 5.88 Å². The number of carboxylic acids is 2. The van der Waals surface area contributed by atoms with Crippen LogP contribution in [0.5, 0.6) is 11.5 Å². The molecule has 0 spiro atoms. The number of hydrogen-bond donors (Lipinski definition) is 4. The molecule has 0 atom stereocenters. The zero-order valence-electron chi connectivity index (χ0n) is 13.2. The fourth-order valence-electron chi connectivity index (χ4n) is 1.17. The molecule has 1 rings (SSSR count). The van der Waals surface area contributed by atoms with Crippen LogP contribution in [-0.2, 0) is 9.59 Å². The van der Waals surface area contributed by atoms with Crippen molar-refractivity contribution in [2.45, 2.75) is 38.0 Å². The summed E-state index contributed by atoms with van der Waals surface area (Å²) in [6.45, 7) is 2.17. The average molecular weight is 367 g/mol. The molecule has 1 aromatic carbocycles. The van der Waals surface area contributed by atoms with Crippen molar-refractivity contribution in [1.29, 1.82) is 0 Å². The third-order valence-corrected chi connectivity index (χ3v) is 3.38. The molecule has 6 nitrogen and oxygen atoms in total. The Bertz CT molecular complexity index is 447. The molecule has 4 N–H and O–H groups in total. The van der Waals surface area contributed by atoms with Crippen molar-refractivity contribution in [2.75, 3.05) is 11.6 Å². The maximum Gasteiger partial charge on any atom is 0.300 e. The van der Waals surface area contributed by atoms with Crippen molar-refractivity contribution in [3.05, 3.63) is 18.2 Å². The van der Waals surface area contributed by atoms with Crippen molar-refractivity contribution >= 4 is 35.3 Å². The number of carboxylic acid groups (broad SMARTS) is 2. The van der Waals surface area contributed by atoms with Crippen molar-refractivity contribution in [3.8, 4) is 11.5 Å². The molecule has 0 bridgehead atoms. The lowest BCUT2D eigenvalue weighted by molar-refractivity contribution is -0.135. The number of phenolic OH excluding ortho intramolecular Hbond substituents is 2. The first-order chi connectivity index (χ1) is 10.7. The van der Waals surface area contributed by atoms with E-state index in [-0.39, 0.29) is 11.5 Å². The van der Waals surface area contributed by atoms with Gasteiger partial charge in [0.15, 0.2) is 0 Å². The van der Waals surface area contributed by atoms with Gasteiger partial charge in [-0.15, -0.1) is 23.4 Å². The smallest absolute Gasteiger partial charge is 0.300 e. The van der Waals surface area contributed by atoms with Crippen molar-refractivity contribution < 1.29 is 30.0 Å². The van der Waals surface area contributed by atoms with Crippen LogP contribution in [0.25, 0.3) is 0 Å². The fraction of sp³-hybridized carbons (Fsp3) is 0.467. The lowest BCUT2D eigenvalue weighted by Crippen LogP contribution is -1.83. The van der Waals surface area contributed by atoms with Gasteiger partial charge in [0.2, 0.25) is 0 Å². The lowest BCUT2D eigenvalue weighted by atomic mass is 10.3. The minimum Gasteiger partial charge on any atom is -0.508 e. The molecule has 23 heavy (non-hydrogen) atoms. The molecular weight excluding hydrogens is 344 g/mol. The van der Waals surface area contributed by atoms with E-state index in [1.807, 2.05) is 0 Å². The van der Waals surface area contributed by atoms with Gasteiger partial charge in [-0.3, -0.25) is 9.59 Å². The number of phenols is 2. The number of thioether (sulfide) groups is 1. The lowest BCUT2D eigenvalue weighted by Gasteiger charge is -2.04. The zero-order valence-corrected chi connectivity index (χ0v) is 14.7. The van der Waals surface area contributed by atoms with Crippen LogP contribution in [0.15, 0.2) is 23.1 Å². The summed E-state index contributed by atoms with van der Waals surface area (Å²) in [7, 11) is 0. The molecule has 0 aliphatic carbocycles. The fourth-order valence-corrected chi connectivity index (χ4v) is 2.35. The van der Waals surface area contributed by atoms with Gasteiger partial charge in [-0.05, 0) is 36.8 Å². The summed E-state index contributed by atoms with van der Waals surface area (Å²) in [6.07, 6.45) is 3.22. The maximum absolute atomic E-state index is 9.48. The molecule has 132 valence electrons. The Morgan fingerprint density at radius 3 is 2.04 bits per heavy atom. The second-order valence-corrected chi connectivity index (χ2v) is 5.80. The average Bonchev–Trinajstić information content (AvgIpc) is 2.41. The van der Waals surface area contributed by atoms with Crippen molar-refractivity contribution in [2.24, 2.45) is 0 Å². The number of benzene rings is 1. The quantitative estimate of drug-likeness (QED) is 0.262. The highest BCUT2D eigenvalue weighted by atomic mass is 35.5. The number of alkyl halides is 1.